The second-order valence-corrected chi connectivity index (χ2v) is 5.38. The van der Waals surface area contributed by atoms with Crippen molar-refractivity contribution in [2.24, 2.45) is 0 Å². The molecule has 1 nitrogen and oxygen atoms in total. The van der Waals surface area contributed by atoms with E-state index < -0.39 is 0 Å². The summed E-state index contributed by atoms with van der Waals surface area (Å²) in [6, 6.07) is 8.08. The van der Waals surface area contributed by atoms with Crippen LogP contribution in [0, 0.1) is 11.8 Å². The van der Waals surface area contributed by atoms with Crippen LogP contribution >= 0.6 is 11.6 Å². The molecule has 1 aromatic rings. The van der Waals surface area contributed by atoms with Crippen LogP contribution in [0.4, 0.5) is 0 Å². The van der Waals surface area contributed by atoms with Gasteiger partial charge in [-0.2, -0.15) is 0 Å². The number of benzene rings is 1. The summed E-state index contributed by atoms with van der Waals surface area (Å²) >= 11 is 5.62. The summed E-state index contributed by atoms with van der Waals surface area (Å²) in [4.78, 5) is 0. The highest BCUT2D eigenvalue weighted by atomic mass is 35.5. The van der Waals surface area contributed by atoms with Gasteiger partial charge in [0.2, 0.25) is 0 Å². The third-order valence-corrected chi connectivity index (χ3v) is 3.58. The first kappa shape index (κ1) is 14.3. The molecule has 102 valence electrons. The summed E-state index contributed by atoms with van der Waals surface area (Å²) in [7, 11) is 0. The summed E-state index contributed by atoms with van der Waals surface area (Å²) in [6.45, 7) is 0. The average Bonchev–Trinajstić information content (AvgIpc) is 2.68. The number of hydrogen-bond donors (Lipinski definition) is 0. The van der Waals surface area contributed by atoms with Crippen molar-refractivity contribution in [1.29, 1.82) is 0 Å². The van der Waals surface area contributed by atoms with Gasteiger partial charge in [-0.15, -0.1) is 11.6 Å². The third-order valence-electron chi connectivity index (χ3n) is 3.39. The Morgan fingerprint density at radius 1 is 1.16 bits per heavy atom. The molecule has 19 heavy (non-hydrogen) atoms. The predicted octanol–water partition coefficient (Wildman–Crippen LogP) is 4.77. The van der Waals surface area contributed by atoms with Gasteiger partial charge in [-0.3, -0.25) is 0 Å². The van der Waals surface area contributed by atoms with E-state index in [0.717, 1.165) is 17.7 Å². The Morgan fingerprint density at radius 2 is 1.95 bits per heavy atom. The van der Waals surface area contributed by atoms with E-state index in [2.05, 4.69) is 11.8 Å². The van der Waals surface area contributed by atoms with Gasteiger partial charge in [0.15, 0.2) is 0 Å². The fourth-order valence-corrected chi connectivity index (χ4v) is 2.51. The molecule has 0 radical (unpaired) electrons. The molecular weight excluding hydrogens is 256 g/mol. The van der Waals surface area contributed by atoms with E-state index in [4.69, 9.17) is 16.3 Å². The number of alkyl halides is 1. The van der Waals surface area contributed by atoms with E-state index in [1.54, 1.807) is 0 Å². The zero-order valence-corrected chi connectivity index (χ0v) is 12.1. The van der Waals surface area contributed by atoms with Crippen LogP contribution in [0.1, 0.15) is 50.5 Å². The molecule has 0 bridgehead atoms. The number of hydrogen-bond acceptors (Lipinski definition) is 1. The van der Waals surface area contributed by atoms with E-state index >= 15 is 0 Å². The summed E-state index contributed by atoms with van der Waals surface area (Å²) in [5.41, 5.74) is 1.01. The molecule has 0 saturated heterocycles. The Bertz CT molecular complexity index is 436. The van der Waals surface area contributed by atoms with E-state index in [1.165, 1.54) is 38.5 Å². The number of ether oxygens (including phenoxy) is 1. The Kier molecular flexibility index (Phi) is 6.11. The summed E-state index contributed by atoms with van der Waals surface area (Å²) < 4.78 is 6.09. The minimum atomic E-state index is 0.383. The van der Waals surface area contributed by atoms with Gasteiger partial charge < -0.3 is 4.74 Å². The molecular formula is C17H21ClO. The smallest absolute Gasteiger partial charge is 0.120 e. The zero-order valence-electron chi connectivity index (χ0n) is 11.3. The van der Waals surface area contributed by atoms with E-state index in [-0.39, 0.29) is 0 Å². The largest absolute Gasteiger partial charge is 0.490 e. The van der Waals surface area contributed by atoms with Gasteiger partial charge in [0.25, 0.3) is 0 Å². The maximum atomic E-state index is 6.09. The molecule has 2 heteroatoms. The highest BCUT2D eigenvalue weighted by molar-refractivity contribution is 6.18. The Hall–Kier alpha value is -1.13. The van der Waals surface area contributed by atoms with Crippen molar-refractivity contribution in [3.05, 3.63) is 29.8 Å². The first-order valence-electron chi connectivity index (χ1n) is 7.20. The number of halogens is 1. The molecule has 1 saturated carbocycles. The van der Waals surface area contributed by atoms with Gasteiger partial charge in [0, 0.05) is 17.9 Å². The molecule has 2 rings (SSSR count). The van der Waals surface area contributed by atoms with Crippen molar-refractivity contribution in [3.8, 4) is 17.6 Å². The highest BCUT2D eigenvalue weighted by Crippen LogP contribution is 2.23. The van der Waals surface area contributed by atoms with Crippen molar-refractivity contribution in [3.63, 3.8) is 0 Å². The van der Waals surface area contributed by atoms with Gasteiger partial charge in [-0.05, 0) is 43.9 Å². The molecule has 0 spiro atoms. The highest BCUT2D eigenvalue weighted by Gasteiger charge is 2.13. The Labute approximate surface area is 121 Å². The lowest BCUT2D eigenvalue weighted by Gasteiger charge is -2.17. The standard InChI is InChI=1S/C17H21ClO/c18-13-6-5-8-15-9-7-12-17(14-15)19-16-10-3-1-2-4-11-16/h7,9,12,14,16H,1-4,6,10-11,13H2. The molecule has 0 amide bonds. The van der Waals surface area contributed by atoms with Crippen LogP contribution in [0.25, 0.3) is 0 Å². The monoisotopic (exact) mass is 276 g/mol. The predicted molar refractivity (Wildman–Crippen MR) is 80.8 cm³/mol. The molecule has 0 aromatic heterocycles. The van der Waals surface area contributed by atoms with Crippen LogP contribution in [-0.4, -0.2) is 12.0 Å². The summed E-state index contributed by atoms with van der Waals surface area (Å²) in [5.74, 6) is 7.71. The molecule has 0 heterocycles. The van der Waals surface area contributed by atoms with Crippen molar-refractivity contribution < 1.29 is 4.74 Å². The molecule has 1 aliphatic carbocycles. The fraction of sp³-hybridized carbons (Fsp3) is 0.529. The van der Waals surface area contributed by atoms with Crippen LogP contribution in [0.3, 0.4) is 0 Å². The average molecular weight is 277 g/mol. The maximum absolute atomic E-state index is 6.09. The third kappa shape index (κ3) is 5.17. The van der Waals surface area contributed by atoms with Crippen molar-refractivity contribution >= 4 is 11.6 Å². The van der Waals surface area contributed by atoms with E-state index in [0.29, 0.717) is 12.0 Å². The zero-order chi connectivity index (χ0) is 13.3. The van der Waals surface area contributed by atoms with Crippen molar-refractivity contribution in [2.75, 3.05) is 5.88 Å². The number of rotatable bonds is 3. The van der Waals surface area contributed by atoms with Crippen LogP contribution < -0.4 is 4.74 Å². The second-order valence-electron chi connectivity index (χ2n) is 5.00. The lowest BCUT2D eigenvalue weighted by Crippen LogP contribution is -2.14. The maximum Gasteiger partial charge on any atom is 0.120 e. The quantitative estimate of drug-likeness (QED) is 0.439. The van der Waals surface area contributed by atoms with Gasteiger partial charge in [-0.25, -0.2) is 0 Å². The molecule has 0 unspecified atom stereocenters. The summed E-state index contributed by atoms with van der Waals surface area (Å²) in [5, 5.41) is 0. The van der Waals surface area contributed by atoms with Gasteiger partial charge in [0.1, 0.15) is 5.75 Å². The molecule has 0 N–H and O–H groups in total. The minimum absolute atomic E-state index is 0.383. The normalized spacial score (nSPS) is 16.3. The first-order valence-corrected chi connectivity index (χ1v) is 7.73. The minimum Gasteiger partial charge on any atom is -0.490 e. The van der Waals surface area contributed by atoms with Crippen molar-refractivity contribution in [2.45, 2.75) is 51.0 Å². The molecule has 1 aliphatic rings. The molecule has 1 aromatic carbocycles. The van der Waals surface area contributed by atoms with Gasteiger partial charge in [-0.1, -0.05) is 30.7 Å². The van der Waals surface area contributed by atoms with E-state index in [9.17, 15) is 0 Å². The van der Waals surface area contributed by atoms with Crippen LogP contribution in [-0.2, 0) is 0 Å². The SMILES string of the molecule is ClCCC#Cc1cccc(OC2CCCCCC2)c1. The van der Waals surface area contributed by atoms with E-state index in [1.807, 2.05) is 24.3 Å². The van der Waals surface area contributed by atoms with Crippen LogP contribution in [0.15, 0.2) is 24.3 Å². The topological polar surface area (TPSA) is 9.23 Å². The van der Waals surface area contributed by atoms with Crippen LogP contribution in [0.5, 0.6) is 5.75 Å². The lowest BCUT2D eigenvalue weighted by molar-refractivity contribution is 0.183. The summed E-state index contributed by atoms with van der Waals surface area (Å²) in [6.07, 6.45) is 8.76. The second kappa shape index (κ2) is 8.12. The molecule has 0 atom stereocenters. The lowest BCUT2D eigenvalue weighted by atomic mass is 10.1. The Morgan fingerprint density at radius 3 is 2.68 bits per heavy atom. The Balaban J connectivity index is 1.96. The first-order chi connectivity index (χ1) is 9.38. The van der Waals surface area contributed by atoms with Crippen molar-refractivity contribution in [1.82, 2.24) is 0 Å². The molecule has 1 fully saturated rings. The molecule has 0 aliphatic heterocycles. The fourth-order valence-electron chi connectivity index (χ4n) is 2.41. The van der Waals surface area contributed by atoms with Crippen LogP contribution in [0.2, 0.25) is 0 Å². The van der Waals surface area contributed by atoms with Gasteiger partial charge in [0.05, 0.1) is 6.10 Å². The van der Waals surface area contributed by atoms with Gasteiger partial charge >= 0.3 is 0 Å².